The third-order valence-electron chi connectivity index (χ3n) is 6.62. The third kappa shape index (κ3) is 6.85. The third-order valence-corrected chi connectivity index (χ3v) is 9.52. The van der Waals surface area contributed by atoms with Gasteiger partial charge in [0.15, 0.2) is 0 Å². The lowest BCUT2D eigenvalue weighted by atomic mass is 9.75. The lowest BCUT2D eigenvalue weighted by Crippen LogP contribution is -2.28. The van der Waals surface area contributed by atoms with Crippen molar-refractivity contribution < 1.29 is 17.8 Å². The summed E-state index contributed by atoms with van der Waals surface area (Å²) in [4.78, 5) is 12.5. The highest BCUT2D eigenvalue weighted by Crippen LogP contribution is 2.47. The summed E-state index contributed by atoms with van der Waals surface area (Å²) in [7, 11) is -4.13. The molecule has 0 aliphatic rings. The maximum Gasteiger partial charge on any atom is 0.266 e. The number of aryl methyl sites for hydroxylation is 1. The average molecular weight is 635 g/mol. The first kappa shape index (κ1) is 28.8. The Labute approximate surface area is 241 Å². The van der Waals surface area contributed by atoms with Crippen molar-refractivity contribution in [2.24, 2.45) is 0 Å². The van der Waals surface area contributed by atoms with Gasteiger partial charge in [0, 0.05) is 32.2 Å². The Hall–Kier alpha value is -2.23. The zero-order valence-electron chi connectivity index (χ0n) is 21.1. The molecule has 200 valence electrons. The molecule has 1 aromatic heterocycles. The Morgan fingerprint density at radius 1 is 1.08 bits per heavy atom. The molecule has 38 heavy (non-hydrogen) atoms. The number of carbonyl (C=O) groups excluding carboxylic acids is 1. The van der Waals surface area contributed by atoms with Crippen LogP contribution in [-0.4, -0.2) is 31.2 Å². The minimum absolute atomic E-state index is 0.0732. The second-order valence-corrected chi connectivity index (χ2v) is 13.1. The smallest absolute Gasteiger partial charge is 0.266 e. The highest BCUT2D eigenvalue weighted by atomic mass is 79.9. The van der Waals surface area contributed by atoms with Crippen LogP contribution >= 0.6 is 38.9 Å². The summed E-state index contributed by atoms with van der Waals surface area (Å²) in [5.74, 6) is -0.688. The number of amides is 1. The second kappa shape index (κ2) is 12.3. The number of thiophene rings is 1. The van der Waals surface area contributed by atoms with Gasteiger partial charge in [-0.25, -0.2) is 0 Å². The summed E-state index contributed by atoms with van der Waals surface area (Å²) in [5.41, 5.74) is 5.19. The largest absolute Gasteiger partial charge is 0.351 e. The molecule has 9 heteroatoms. The van der Waals surface area contributed by atoms with Gasteiger partial charge >= 0.3 is 0 Å². The number of hydrogen-bond acceptors (Lipinski definition) is 4. The van der Waals surface area contributed by atoms with E-state index in [1.165, 1.54) is 26.8 Å². The number of hydrogen-bond donors (Lipinski definition) is 2. The van der Waals surface area contributed by atoms with Gasteiger partial charge < -0.3 is 5.32 Å². The molecule has 1 heterocycles. The van der Waals surface area contributed by atoms with Crippen LogP contribution in [0.4, 0.5) is 0 Å². The van der Waals surface area contributed by atoms with Crippen LogP contribution in [0.5, 0.6) is 0 Å². The summed E-state index contributed by atoms with van der Waals surface area (Å²) in [6.45, 7) is 4.12. The minimum Gasteiger partial charge on any atom is -0.351 e. The van der Waals surface area contributed by atoms with E-state index in [4.69, 9.17) is 16.2 Å². The highest BCUT2D eigenvalue weighted by molar-refractivity contribution is 9.10. The Balaban J connectivity index is 1.74. The number of carbonyl (C=O) groups is 1. The molecule has 4 rings (SSSR count). The van der Waals surface area contributed by atoms with Crippen LogP contribution in [0.1, 0.15) is 64.2 Å². The summed E-state index contributed by atoms with van der Waals surface area (Å²) >= 11 is 11.7. The average Bonchev–Trinajstić information content (AvgIpc) is 3.28. The van der Waals surface area contributed by atoms with Gasteiger partial charge in [-0.05, 0) is 98.5 Å². The second-order valence-electron chi connectivity index (χ2n) is 9.40. The summed E-state index contributed by atoms with van der Waals surface area (Å²) in [5, 5.41) is 6.73. The van der Waals surface area contributed by atoms with Gasteiger partial charge in [-0.15, -0.1) is 11.3 Å². The molecule has 0 aliphatic carbocycles. The van der Waals surface area contributed by atoms with E-state index >= 15 is 0 Å². The van der Waals surface area contributed by atoms with E-state index in [1.54, 1.807) is 23.5 Å². The van der Waals surface area contributed by atoms with Crippen LogP contribution in [0.15, 0.2) is 70.5 Å². The maximum absolute atomic E-state index is 12.5. The van der Waals surface area contributed by atoms with E-state index in [2.05, 4.69) is 64.7 Å². The number of rotatable bonds is 10. The van der Waals surface area contributed by atoms with E-state index in [0.29, 0.717) is 10.6 Å². The van der Waals surface area contributed by atoms with Crippen molar-refractivity contribution >= 4 is 65.0 Å². The number of nitrogens with one attached hydrogen (secondary N) is 1. The number of fused-ring (bicyclic) bond motifs is 1. The topological polar surface area (TPSA) is 83.5 Å². The zero-order chi connectivity index (χ0) is 27.4. The molecule has 4 aromatic rings. The van der Waals surface area contributed by atoms with Crippen molar-refractivity contribution in [3.63, 3.8) is 0 Å². The molecule has 2 N–H and O–H groups in total. The first-order valence-corrected chi connectivity index (χ1v) is 16.0. The summed E-state index contributed by atoms with van der Waals surface area (Å²) < 4.78 is 33.1. The predicted octanol–water partition coefficient (Wildman–Crippen LogP) is 7.96. The predicted molar refractivity (Wildman–Crippen MR) is 160 cm³/mol. The first-order valence-electron chi connectivity index (χ1n) is 12.3. The Morgan fingerprint density at radius 3 is 2.37 bits per heavy atom. The number of benzene rings is 3. The minimum atomic E-state index is -4.13. The van der Waals surface area contributed by atoms with Crippen molar-refractivity contribution in [3.05, 3.63) is 103 Å². The lowest BCUT2D eigenvalue weighted by molar-refractivity contribution is 0.0956. The van der Waals surface area contributed by atoms with Crippen LogP contribution in [0.2, 0.25) is 5.02 Å². The monoisotopic (exact) mass is 633 g/mol. The van der Waals surface area contributed by atoms with Gasteiger partial charge in [-0.2, -0.15) is 8.42 Å². The number of halogens is 2. The van der Waals surface area contributed by atoms with Gasteiger partial charge in [-0.1, -0.05) is 55.3 Å². The Morgan fingerprint density at radius 2 is 1.74 bits per heavy atom. The molecular weight excluding hydrogens is 606 g/mol. The van der Waals surface area contributed by atoms with E-state index in [1.807, 2.05) is 24.3 Å². The molecule has 0 aliphatic heterocycles. The van der Waals surface area contributed by atoms with Crippen molar-refractivity contribution in [3.8, 4) is 0 Å². The van der Waals surface area contributed by atoms with E-state index < -0.39 is 15.9 Å². The molecule has 2 atom stereocenters. The Kier molecular flexibility index (Phi) is 9.31. The van der Waals surface area contributed by atoms with Gasteiger partial charge in [0.2, 0.25) is 0 Å². The van der Waals surface area contributed by atoms with Crippen molar-refractivity contribution in [2.75, 3.05) is 12.3 Å². The molecule has 5 nitrogen and oxygen atoms in total. The molecule has 3 aromatic carbocycles. The van der Waals surface area contributed by atoms with Crippen LogP contribution in [-0.2, 0) is 10.1 Å². The van der Waals surface area contributed by atoms with E-state index in [0.717, 1.165) is 22.9 Å². The lowest BCUT2D eigenvalue weighted by Gasteiger charge is -2.29. The summed E-state index contributed by atoms with van der Waals surface area (Å²) in [6, 6.07) is 20.0. The molecule has 0 saturated heterocycles. The fourth-order valence-electron chi connectivity index (χ4n) is 4.90. The molecule has 0 spiro atoms. The fourth-order valence-corrected chi connectivity index (χ4v) is 7.24. The molecule has 0 fully saturated rings. The van der Waals surface area contributed by atoms with Crippen LogP contribution < -0.4 is 5.32 Å². The summed E-state index contributed by atoms with van der Waals surface area (Å²) in [6.07, 6.45) is 1.93. The molecular formula is C29H29BrClNO4S2. The van der Waals surface area contributed by atoms with Crippen molar-refractivity contribution in [2.45, 2.75) is 38.5 Å². The van der Waals surface area contributed by atoms with Gasteiger partial charge in [0.1, 0.15) is 0 Å². The Bertz CT molecular complexity index is 1530. The molecule has 0 bridgehead atoms. The fraction of sp³-hybridized carbons (Fsp3) is 0.276. The van der Waals surface area contributed by atoms with Gasteiger partial charge in [-0.3, -0.25) is 9.35 Å². The normalized spacial score (nSPS) is 13.4. The molecule has 1 amide bonds. The van der Waals surface area contributed by atoms with Crippen LogP contribution in [0.3, 0.4) is 0 Å². The van der Waals surface area contributed by atoms with Gasteiger partial charge in [0.05, 0.1) is 5.75 Å². The zero-order valence-corrected chi connectivity index (χ0v) is 25.1. The van der Waals surface area contributed by atoms with Crippen LogP contribution in [0, 0.1) is 6.92 Å². The SMILES string of the molecule is CCCC(c1ccc(C(=O)NCCS(=O)(=O)O)cc1)C(c1ccc(Cl)cc1)c1csc2c(Br)cc(C)cc12. The van der Waals surface area contributed by atoms with Gasteiger partial charge in [0.25, 0.3) is 16.0 Å². The van der Waals surface area contributed by atoms with Crippen molar-refractivity contribution in [1.82, 2.24) is 5.32 Å². The quantitative estimate of drug-likeness (QED) is 0.173. The van der Waals surface area contributed by atoms with E-state index in [9.17, 15) is 13.2 Å². The van der Waals surface area contributed by atoms with Crippen LogP contribution in [0.25, 0.3) is 10.1 Å². The molecule has 0 radical (unpaired) electrons. The van der Waals surface area contributed by atoms with E-state index in [-0.39, 0.29) is 24.3 Å². The first-order chi connectivity index (χ1) is 18.1. The highest BCUT2D eigenvalue weighted by Gasteiger charge is 2.29. The molecule has 0 saturated carbocycles. The molecule has 2 unspecified atom stereocenters. The standard InChI is InChI=1S/C29H29BrClNO4S2/c1-3-4-23(19-5-7-21(8-6-19)29(33)32-13-14-38(34,35)36)27(20-9-11-22(31)12-10-20)25-17-37-28-24(25)15-18(2)16-26(28)30/h5-12,15-17,23,27H,3-4,13-14H2,1-2H3,(H,32,33)(H,34,35,36). The maximum atomic E-state index is 12.5. The van der Waals surface area contributed by atoms with Crippen molar-refractivity contribution in [1.29, 1.82) is 0 Å².